The molecule has 6 nitrogen and oxygen atoms in total. The number of carbonyl (C=O) groups excluding carboxylic acids is 1. The molecule has 2 fully saturated rings. The van der Waals surface area contributed by atoms with E-state index >= 15 is 0 Å². The van der Waals surface area contributed by atoms with Crippen molar-refractivity contribution in [2.45, 2.75) is 50.5 Å². The van der Waals surface area contributed by atoms with Crippen molar-refractivity contribution in [1.82, 2.24) is 15.5 Å². The maximum absolute atomic E-state index is 12.1. The summed E-state index contributed by atoms with van der Waals surface area (Å²) in [6.45, 7) is 2.76. The zero-order chi connectivity index (χ0) is 15.3. The van der Waals surface area contributed by atoms with Crippen LogP contribution in [-0.4, -0.2) is 54.2 Å². The number of carboxylic acids is 1. The number of aliphatic carboxylic acids is 1. The molecule has 1 unspecified atom stereocenters. The first kappa shape index (κ1) is 16.1. The third kappa shape index (κ3) is 4.88. The molecule has 2 rings (SSSR count). The Labute approximate surface area is 126 Å². The third-order valence-corrected chi connectivity index (χ3v) is 4.72. The Morgan fingerprint density at radius 1 is 1.29 bits per heavy atom. The van der Waals surface area contributed by atoms with Crippen molar-refractivity contribution in [3.8, 4) is 0 Å². The lowest BCUT2D eigenvalue weighted by Crippen LogP contribution is -2.54. The van der Waals surface area contributed by atoms with Crippen molar-refractivity contribution in [1.29, 1.82) is 0 Å². The number of amides is 2. The molecule has 1 aliphatic heterocycles. The molecule has 0 bridgehead atoms. The van der Waals surface area contributed by atoms with E-state index in [1.807, 2.05) is 0 Å². The minimum atomic E-state index is -0.838. The van der Waals surface area contributed by atoms with Gasteiger partial charge in [-0.1, -0.05) is 19.3 Å². The minimum absolute atomic E-state index is 0.0204. The molecular weight excluding hydrogens is 270 g/mol. The number of urea groups is 1. The summed E-state index contributed by atoms with van der Waals surface area (Å²) in [5.41, 5.74) is -0.555. The topological polar surface area (TPSA) is 81.7 Å². The van der Waals surface area contributed by atoms with Gasteiger partial charge in [-0.15, -0.1) is 0 Å². The van der Waals surface area contributed by atoms with E-state index in [-0.39, 0.29) is 12.5 Å². The molecule has 0 aromatic heterocycles. The van der Waals surface area contributed by atoms with Gasteiger partial charge in [0, 0.05) is 13.1 Å². The van der Waals surface area contributed by atoms with E-state index < -0.39 is 11.5 Å². The maximum atomic E-state index is 12.1. The first-order valence-electron chi connectivity index (χ1n) is 7.95. The van der Waals surface area contributed by atoms with E-state index in [4.69, 9.17) is 5.11 Å². The van der Waals surface area contributed by atoms with Gasteiger partial charge in [-0.25, -0.2) is 4.79 Å². The highest BCUT2D eigenvalue weighted by molar-refractivity contribution is 5.76. The summed E-state index contributed by atoms with van der Waals surface area (Å²) in [6, 6.07) is -0.215. The maximum Gasteiger partial charge on any atom is 0.315 e. The molecule has 1 heterocycles. The first-order chi connectivity index (χ1) is 9.99. The van der Waals surface area contributed by atoms with Crippen molar-refractivity contribution in [2.24, 2.45) is 5.92 Å². The van der Waals surface area contributed by atoms with Crippen LogP contribution in [0.25, 0.3) is 0 Å². The van der Waals surface area contributed by atoms with Crippen molar-refractivity contribution in [3.05, 3.63) is 0 Å². The number of nitrogens with one attached hydrogen (secondary N) is 2. The van der Waals surface area contributed by atoms with Gasteiger partial charge in [0.2, 0.25) is 0 Å². The number of likely N-dealkylation sites (tertiary alicyclic amines) is 1. The average Bonchev–Trinajstić information content (AvgIpc) is 2.82. The van der Waals surface area contributed by atoms with Crippen molar-refractivity contribution < 1.29 is 14.7 Å². The van der Waals surface area contributed by atoms with Gasteiger partial charge in [0.1, 0.15) is 0 Å². The third-order valence-electron chi connectivity index (χ3n) is 4.72. The number of carboxylic acid groups (broad SMARTS) is 1. The summed E-state index contributed by atoms with van der Waals surface area (Å²) >= 11 is 0. The molecule has 1 saturated heterocycles. The van der Waals surface area contributed by atoms with Crippen LogP contribution in [0.1, 0.15) is 44.9 Å². The van der Waals surface area contributed by atoms with E-state index in [1.54, 1.807) is 0 Å². The molecule has 0 aromatic carbocycles. The van der Waals surface area contributed by atoms with Crippen LogP contribution in [0.15, 0.2) is 0 Å². The molecule has 1 aliphatic carbocycles. The molecule has 120 valence electrons. The second-order valence-electron chi connectivity index (χ2n) is 6.66. The molecule has 21 heavy (non-hydrogen) atoms. The van der Waals surface area contributed by atoms with Crippen LogP contribution in [0.2, 0.25) is 0 Å². The summed E-state index contributed by atoms with van der Waals surface area (Å²) < 4.78 is 0. The lowest BCUT2D eigenvalue weighted by molar-refractivity contribution is -0.139. The molecular formula is C15H27N3O3. The average molecular weight is 297 g/mol. The summed E-state index contributed by atoms with van der Waals surface area (Å²) in [6.07, 6.45) is 5.75. The Balaban J connectivity index is 1.81. The highest BCUT2D eigenvalue weighted by atomic mass is 16.4. The second kappa shape index (κ2) is 7.11. The highest BCUT2D eigenvalue weighted by Crippen LogP contribution is 2.31. The molecule has 3 N–H and O–H groups in total. The van der Waals surface area contributed by atoms with Crippen LogP contribution in [0.4, 0.5) is 4.79 Å². The quantitative estimate of drug-likeness (QED) is 0.717. The fourth-order valence-corrected chi connectivity index (χ4v) is 3.58. The van der Waals surface area contributed by atoms with Gasteiger partial charge >= 0.3 is 12.0 Å². The van der Waals surface area contributed by atoms with Crippen LogP contribution in [0.3, 0.4) is 0 Å². The summed E-state index contributed by atoms with van der Waals surface area (Å²) in [7, 11) is 2.09. The largest absolute Gasteiger partial charge is 0.481 e. The number of nitrogens with zero attached hydrogens (tertiary/aromatic N) is 1. The monoisotopic (exact) mass is 297 g/mol. The van der Waals surface area contributed by atoms with Gasteiger partial charge in [-0.05, 0) is 38.8 Å². The van der Waals surface area contributed by atoms with Gasteiger partial charge < -0.3 is 20.6 Å². The Kier molecular flexibility index (Phi) is 5.45. The predicted molar refractivity (Wildman–Crippen MR) is 80.2 cm³/mol. The lowest BCUT2D eigenvalue weighted by Gasteiger charge is -2.37. The van der Waals surface area contributed by atoms with Crippen LogP contribution in [0, 0.1) is 5.92 Å². The Bertz CT molecular complexity index is 380. The number of carbonyl (C=O) groups is 2. The Morgan fingerprint density at radius 2 is 2.00 bits per heavy atom. The van der Waals surface area contributed by atoms with Crippen LogP contribution in [-0.2, 0) is 4.79 Å². The lowest BCUT2D eigenvalue weighted by atomic mass is 9.79. The first-order valence-corrected chi connectivity index (χ1v) is 7.95. The SMILES string of the molecule is CN1CCC(CNC(=O)NC2(CC(=O)O)CCCCC2)C1. The highest BCUT2D eigenvalue weighted by Gasteiger charge is 2.36. The molecule has 1 saturated carbocycles. The molecule has 1 atom stereocenters. The van der Waals surface area contributed by atoms with Gasteiger partial charge in [-0.3, -0.25) is 4.79 Å². The van der Waals surface area contributed by atoms with Gasteiger partial charge in [0.05, 0.1) is 12.0 Å². The fourth-order valence-electron chi connectivity index (χ4n) is 3.58. The number of rotatable bonds is 5. The number of hydrogen-bond donors (Lipinski definition) is 3. The Morgan fingerprint density at radius 3 is 2.57 bits per heavy atom. The smallest absolute Gasteiger partial charge is 0.315 e. The molecule has 0 aromatic rings. The molecule has 2 amide bonds. The van der Waals surface area contributed by atoms with E-state index in [1.165, 1.54) is 0 Å². The molecule has 2 aliphatic rings. The fraction of sp³-hybridized carbons (Fsp3) is 0.867. The van der Waals surface area contributed by atoms with Crippen molar-refractivity contribution >= 4 is 12.0 Å². The zero-order valence-electron chi connectivity index (χ0n) is 12.9. The normalized spacial score (nSPS) is 25.5. The summed E-state index contributed by atoms with van der Waals surface area (Å²) in [5, 5.41) is 15.0. The molecule has 0 radical (unpaired) electrons. The minimum Gasteiger partial charge on any atom is -0.481 e. The van der Waals surface area contributed by atoms with Crippen LogP contribution >= 0.6 is 0 Å². The van der Waals surface area contributed by atoms with E-state index in [0.29, 0.717) is 12.5 Å². The van der Waals surface area contributed by atoms with E-state index in [2.05, 4.69) is 22.6 Å². The van der Waals surface area contributed by atoms with Crippen LogP contribution < -0.4 is 10.6 Å². The number of hydrogen-bond acceptors (Lipinski definition) is 3. The summed E-state index contributed by atoms with van der Waals surface area (Å²) in [5.74, 6) is -0.336. The molecule has 6 heteroatoms. The van der Waals surface area contributed by atoms with E-state index in [9.17, 15) is 9.59 Å². The van der Waals surface area contributed by atoms with E-state index in [0.717, 1.165) is 51.6 Å². The van der Waals surface area contributed by atoms with Gasteiger partial charge in [0.15, 0.2) is 0 Å². The van der Waals surface area contributed by atoms with Crippen LogP contribution in [0.5, 0.6) is 0 Å². The van der Waals surface area contributed by atoms with Crippen molar-refractivity contribution in [2.75, 3.05) is 26.7 Å². The second-order valence-corrected chi connectivity index (χ2v) is 6.66. The zero-order valence-corrected chi connectivity index (χ0v) is 12.9. The van der Waals surface area contributed by atoms with Gasteiger partial charge in [0.25, 0.3) is 0 Å². The molecule has 0 spiro atoms. The van der Waals surface area contributed by atoms with Crippen molar-refractivity contribution in [3.63, 3.8) is 0 Å². The Hall–Kier alpha value is -1.30. The summed E-state index contributed by atoms with van der Waals surface area (Å²) in [4.78, 5) is 25.4. The van der Waals surface area contributed by atoms with Gasteiger partial charge in [-0.2, -0.15) is 0 Å². The standard InChI is InChI=1S/C15H27N3O3/c1-18-8-5-12(11-18)10-16-14(21)17-15(9-13(19)20)6-3-2-4-7-15/h12H,2-11H2,1H3,(H,19,20)(H2,16,17,21). The predicted octanol–water partition coefficient (Wildman–Crippen LogP) is 1.41.